The van der Waals surface area contributed by atoms with Crippen LogP contribution in [0.15, 0.2) is 90.0 Å². The zero-order chi connectivity index (χ0) is 34.7. The second kappa shape index (κ2) is 15.2. The molecule has 49 heavy (non-hydrogen) atoms. The molecule has 0 aromatic heterocycles. The second-order valence-electron chi connectivity index (χ2n) is 14.1. The molecular weight excluding hydrogens is 619 g/mol. The Labute approximate surface area is 288 Å². The first-order valence-electron chi connectivity index (χ1n) is 17.6. The van der Waals surface area contributed by atoms with Gasteiger partial charge in [0, 0.05) is 31.6 Å². The van der Waals surface area contributed by atoms with Crippen molar-refractivity contribution in [1.82, 2.24) is 9.80 Å². The number of imide groups is 1. The summed E-state index contributed by atoms with van der Waals surface area (Å²) in [6.45, 7) is 6.16. The predicted octanol–water partition coefficient (Wildman–Crippen LogP) is 6.44. The lowest BCUT2D eigenvalue weighted by atomic mass is 9.66. The molecular formula is C41H47FN2O5. The van der Waals surface area contributed by atoms with E-state index in [0.29, 0.717) is 43.2 Å². The van der Waals surface area contributed by atoms with E-state index < -0.39 is 35.4 Å². The molecule has 2 aliphatic heterocycles. The zero-order valence-electron chi connectivity index (χ0n) is 28.3. The highest BCUT2D eigenvalue weighted by Crippen LogP contribution is 2.49. The van der Waals surface area contributed by atoms with Gasteiger partial charge in [-0.25, -0.2) is 4.39 Å². The number of hydrogen-bond acceptors (Lipinski definition) is 6. The van der Waals surface area contributed by atoms with Crippen LogP contribution in [0, 0.1) is 29.5 Å². The van der Waals surface area contributed by atoms with Crippen molar-refractivity contribution in [2.45, 2.75) is 64.6 Å². The van der Waals surface area contributed by atoms with E-state index in [9.17, 15) is 29.3 Å². The number of piperidine rings is 1. The van der Waals surface area contributed by atoms with Gasteiger partial charge in [0.05, 0.1) is 24.5 Å². The van der Waals surface area contributed by atoms with Gasteiger partial charge in [0.25, 0.3) is 0 Å². The third-order valence-electron chi connectivity index (χ3n) is 10.7. The summed E-state index contributed by atoms with van der Waals surface area (Å²) in [4.78, 5) is 32.0. The molecule has 2 saturated heterocycles. The van der Waals surface area contributed by atoms with Gasteiger partial charge in [-0.15, -0.1) is 0 Å². The van der Waals surface area contributed by atoms with Gasteiger partial charge >= 0.3 is 0 Å². The van der Waals surface area contributed by atoms with Gasteiger partial charge in [-0.3, -0.25) is 19.4 Å². The Bertz CT molecular complexity index is 1700. The van der Waals surface area contributed by atoms with Gasteiger partial charge in [0.2, 0.25) is 11.8 Å². The number of benzene rings is 3. The van der Waals surface area contributed by atoms with Crippen molar-refractivity contribution in [2.75, 3.05) is 19.7 Å². The molecule has 3 N–H and O–H groups in total. The van der Waals surface area contributed by atoms with Crippen LogP contribution < -0.4 is 0 Å². The van der Waals surface area contributed by atoms with Crippen molar-refractivity contribution in [2.24, 2.45) is 23.7 Å². The summed E-state index contributed by atoms with van der Waals surface area (Å²) in [5.41, 5.74) is 5.25. The number of phenols is 1. The van der Waals surface area contributed by atoms with E-state index in [0.717, 1.165) is 36.3 Å². The van der Waals surface area contributed by atoms with Crippen LogP contribution in [0.5, 0.6) is 5.75 Å². The number of amides is 2. The smallest absolute Gasteiger partial charge is 0.234 e. The van der Waals surface area contributed by atoms with E-state index in [1.165, 1.54) is 22.6 Å². The summed E-state index contributed by atoms with van der Waals surface area (Å²) >= 11 is 0. The van der Waals surface area contributed by atoms with E-state index in [-0.39, 0.29) is 30.4 Å². The molecule has 2 heterocycles. The van der Waals surface area contributed by atoms with Crippen LogP contribution >= 0.6 is 0 Å². The SMILES string of the molecule is CC(C)C1=C([C@H](O)CC/C(=C/c2ccc(O)c(F)c2)c2ccccc2)[C@H](CO)[C@@H]2C(=O)N(C3CCN(Cc4ccccc4)CC3)C(=O)[C@@H]2C1. The number of hydrogen-bond donors (Lipinski definition) is 3. The van der Waals surface area contributed by atoms with Crippen molar-refractivity contribution in [3.63, 3.8) is 0 Å². The first-order chi connectivity index (χ1) is 23.7. The zero-order valence-corrected chi connectivity index (χ0v) is 28.3. The van der Waals surface area contributed by atoms with Gasteiger partial charge in [-0.05, 0) is 78.0 Å². The number of aromatic hydroxyl groups is 1. The van der Waals surface area contributed by atoms with E-state index >= 15 is 0 Å². The van der Waals surface area contributed by atoms with Crippen LogP contribution in [-0.2, 0) is 16.1 Å². The first-order valence-corrected chi connectivity index (χ1v) is 17.6. The number of aliphatic hydroxyl groups is 2. The fourth-order valence-electron chi connectivity index (χ4n) is 8.22. The molecule has 258 valence electrons. The third-order valence-corrected chi connectivity index (χ3v) is 10.7. The molecule has 1 aliphatic carbocycles. The highest BCUT2D eigenvalue weighted by Gasteiger charge is 2.56. The first kappa shape index (κ1) is 34.7. The minimum absolute atomic E-state index is 0.0157. The predicted molar refractivity (Wildman–Crippen MR) is 188 cm³/mol. The lowest BCUT2D eigenvalue weighted by Crippen LogP contribution is -2.47. The monoisotopic (exact) mass is 666 g/mol. The lowest BCUT2D eigenvalue weighted by molar-refractivity contribution is -0.144. The number of aliphatic hydroxyl groups excluding tert-OH is 2. The molecule has 3 aromatic carbocycles. The van der Waals surface area contributed by atoms with E-state index in [2.05, 4.69) is 17.0 Å². The average Bonchev–Trinajstić information content (AvgIpc) is 3.36. The number of rotatable bonds is 11. The molecule has 0 spiro atoms. The van der Waals surface area contributed by atoms with Gasteiger partial charge in [0.15, 0.2) is 11.6 Å². The van der Waals surface area contributed by atoms with Crippen LogP contribution in [0.4, 0.5) is 4.39 Å². The van der Waals surface area contributed by atoms with E-state index in [4.69, 9.17) is 0 Å². The maximum atomic E-state index is 14.2. The van der Waals surface area contributed by atoms with E-state index in [1.807, 2.05) is 68.5 Å². The number of allylic oxidation sites excluding steroid dienone is 2. The molecule has 3 aliphatic rings. The van der Waals surface area contributed by atoms with Crippen molar-refractivity contribution in [3.05, 3.63) is 113 Å². The fourth-order valence-corrected chi connectivity index (χ4v) is 8.22. The number of phenolic OH excluding ortho intramolecular Hbond substituents is 1. The Hall–Kier alpha value is -4.11. The van der Waals surface area contributed by atoms with Gasteiger partial charge in [0.1, 0.15) is 0 Å². The topological polar surface area (TPSA) is 101 Å². The highest BCUT2D eigenvalue weighted by atomic mass is 19.1. The molecule has 0 saturated carbocycles. The summed E-state index contributed by atoms with van der Waals surface area (Å²) in [5.74, 6) is -3.36. The number of halogens is 1. The molecule has 3 aromatic rings. The van der Waals surface area contributed by atoms with Crippen molar-refractivity contribution < 1.29 is 29.3 Å². The minimum Gasteiger partial charge on any atom is -0.505 e. The maximum absolute atomic E-state index is 14.2. The Morgan fingerprint density at radius 3 is 2.27 bits per heavy atom. The van der Waals surface area contributed by atoms with Crippen LogP contribution in [0.1, 0.15) is 62.6 Å². The van der Waals surface area contributed by atoms with Crippen LogP contribution in [0.2, 0.25) is 0 Å². The van der Waals surface area contributed by atoms with Crippen molar-refractivity contribution in [3.8, 4) is 5.75 Å². The van der Waals surface area contributed by atoms with Crippen molar-refractivity contribution >= 4 is 23.5 Å². The molecule has 4 atom stereocenters. The Kier molecular flexibility index (Phi) is 10.8. The summed E-state index contributed by atoms with van der Waals surface area (Å²) in [5, 5.41) is 32.4. The summed E-state index contributed by atoms with van der Waals surface area (Å²) in [6.07, 6.45) is 3.48. The molecule has 2 fully saturated rings. The summed E-state index contributed by atoms with van der Waals surface area (Å²) < 4.78 is 14.2. The van der Waals surface area contributed by atoms with Crippen LogP contribution in [0.3, 0.4) is 0 Å². The number of carbonyl (C=O) groups excluding carboxylic acids is 2. The maximum Gasteiger partial charge on any atom is 0.234 e. The number of fused-ring (bicyclic) bond motifs is 1. The molecule has 8 heteroatoms. The van der Waals surface area contributed by atoms with Gasteiger partial charge in [-0.2, -0.15) is 0 Å². The molecule has 6 rings (SSSR count). The third kappa shape index (κ3) is 7.42. The fraction of sp³-hybridized carbons (Fsp3) is 0.415. The Balaban J connectivity index is 1.20. The summed E-state index contributed by atoms with van der Waals surface area (Å²) in [6, 6.07) is 24.0. The molecule has 0 unspecified atom stereocenters. The Morgan fingerprint density at radius 2 is 1.63 bits per heavy atom. The highest BCUT2D eigenvalue weighted by molar-refractivity contribution is 6.06. The Morgan fingerprint density at radius 1 is 0.959 bits per heavy atom. The largest absolute Gasteiger partial charge is 0.505 e. The number of likely N-dealkylation sites (tertiary alicyclic amines) is 2. The average molecular weight is 667 g/mol. The molecule has 7 nitrogen and oxygen atoms in total. The second-order valence-corrected chi connectivity index (χ2v) is 14.1. The number of carbonyl (C=O) groups is 2. The molecule has 0 radical (unpaired) electrons. The van der Waals surface area contributed by atoms with Crippen LogP contribution in [0.25, 0.3) is 11.6 Å². The standard InChI is InChI=1S/C41H47FN2O5/c1-26(2)32-23-33-39(41(49)44(40(33)48)31-17-19-43(20-18-31)24-27-9-5-3-6-10-27)34(25-45)38(32)37(47)16-14-30(29-11-7-4-8-12-29)21-28-13-15-36(46)35(42)22-28/h3-13,15,21-22,26,31,33-34,37,39,45-47H,14,16-20,23-25H2,1-2H3/b30-21-/t33-,34+,37-,39-/m1/s1. The molecule has 2 amide bonds. The lowest BCUT2D eigenvalue weighted by Gasteiger charge is -2.38. The van der Waals surface area contributed by atoms with Crippen molar-refractivity contribution in [1.29, 1.82) is 0 Å². The quantitative estimate of drug-likeness (QED) is 0.124. The minimum atomic E-state index is -0.947. The van der Waals surface area contributed by atoms with Crippen LogP contribution in [-0.4, -0.2) is 68.8 Å². The van der Waals surface area contributed by atoms with E-state index in [1.54, 1.807) is 6.07 Å². The van der Waals surface area contributed by atoms with Gasteiger partial charge in [-0.1, -0.05) is 92.2 Å². The normalized spacial score (nSPS) is 23.0. The molecule has 0 bridgehead atoms. The summed E-state index contributed by atoms with van der Waals surface area (Å²) in [7, 11) is 0. The number of nitrogens with zero attached hydrogens (tertiary/aromatic N) is 2. The van der Waals surface area contributed by atoms with Gasteiger partial charge < -0.3 is 15.3 Å².